The van der Waals surface area contributed by atoms with Crippen LogP contribution in [0.1, 0.15) is 44.7 Å². The summed E-state index contributed by atoms with van der Waals surface area (Å²) in [6, 6.07) is 9.32. The number of piperidine rings is 1. The summed E-state index contributed by atoms with van der Waals surface area (Å²) in [7, 11) is 1.64. The van der Waals surface area contributed by atoms with Crippen LogP contribution in [0.4, 0.5) is 5.69 Å². The van der Waals surface area contributed by atoms with E-state index in [1.54, 1.807) is 19.4 Å². The number of anilines is 1. The summed E-state index contributed by atoms with van der Waals surface area (Å²) in [6.45, 7) is 6.12. The molecule has 0 unspecified atom stereocenters. The fourth-order valence-corrected chi connectivity index (χ4v) is 3.70. The minimum Gasteiger partial charge on any atom is -0.497 e. The molecular weight excluding hydrogens is 368 g/mol. The lowest BCUT2D eigenvalue weighted by molar-refractivity contribution is -0.126. The molecule has 0 radical (unpaired) electrons. The molecule has 1 aromatic carbocycles. The summed E-state index contributed by atoms with van der Waals surface area (Å²) in [6.07, 6.45) is 4.15. The van der Waals surface area contributed by atoms with E-state index in [1.807, 2.05) is 38.1 Å². The molecule has 29 heavy (non-hydrogen) atoms. The van der Waals surface area contributed by atoms with E-state index in [4.69, 9.17) is 4.74 Å². The van der Waals surface area contributed by atoms with Gasteiger partial charge in [-0.25, -0.2) is 4.68 Å². The maximum Gasteiger partial charge on any atom is 0.268 e. The molecule has 1 fully saturated rings. The SMILES string of the molecule is CCCn1ncc(N2CCC(C(=O)N[C@H](C)c3cccc(OC)c3)CC2)cc1=O. The average molecular weight is 399 g/mol. The van der Waals surface area contributed by atoms with Crippen molar-refractivity contribution in [1.82, 2.24) is 15.1 Å². The zero-order chi connectivity index (χ0) is 20.8. The number of ether oxygens (including phenoxy) is 1. The largest absolute Gasteiger partial charge is 0.497 e. The van der Waals surface area contributed by atoms with Gasteiger partial charge in [0, 0.05) is 31.6 Å². The lowest BCUT2D eigenvalue weighted by Gasteiger charge is -2.33. The van der Waals surface area contributed by atoms with Gasteiger partial charge < -0.3 is 15.0 Å². The van der Waals surface area contributed by atoms with E-state index in [2.05, 4.69) is 15.3 Å². The molecular formula is C22H30N4O3. The highest BCUT2D eigenvalue weighted by molar-refractivity contribution is 5.79. The maximum atomic E-state index is 12.7. The third-order valence-corrected chi connectivity index (χ3v) is 5.47. The first-order valence-electron chi connectivity index (χ1n) is 10.3. The van der Waals surface area contributed by atoms with Crippen molar-refractivity contribution < 1.29 is 9.53 Å². The number of carbonyl (C=O) groups is 1. The molecule has 0 saturated carbocycles. The Balaban J connectivity index is 1.55. The summed E-state index contributed by atoms with van der Waals surface area (Å²) >= 11 is 0. The van der Waals surface area contributed by atoms with E-state index in [1.165, 1.54) is 4.68 Å². The van der Waals surface area contributed by atoms with Crippen LogP contribution in [0.2, 0.25) is 0 Å². The zero-order valence-corrected chi connectivity index (χ0v) is 17.4. The molecule has 7 nitrogen and oxygen atoms in total. The Morgan fingerprint density at radius 1 is 1.31 bits per heavy atom. The highest BCUT2D eigenvalue weighted by Crippen LogP contribution is 2.24. The summed E-state index contributed by atoms with van der Waals surface area (Å²) in [5.74, 6) is 0.843. The smallest absolute Gasteiger partial charge is 0.268 e. The normalized spacial score (nSPS) is 15.8. The molecule has 1 aliphatic heterocycles. The van der Waals surface area contributed by atoms with Gasteiger partial charge >= 0.3 is 0 Å². The standard InChI is InChI=1S/C22H30N4O3/c1-4-10-26-21(27)14-19(15-23-26)25-11-8-17(9-12-25)22(28)24-16(2)18-6-5-7-20(13-18)29-3/h5-7,13-17H,4,8-12H2,1-3H3,(H,24,28)/t16-/m1/s1. The van der Waals surface area contributed by atoms with Crippen LogP contribution in [0, 0.1) is 5.92 Å². The van der Waals surface area contributed by atoms with Gasteiger partial charge in [-0.05, 0) is 43.9 Å². The molecule has 2 heterocycles. The third-order valence-electron chi connectivity index (χ3n) is 5.47. The second kappa shape index (κ2) is 9.58. The average Bonchev–Trinajstić information content (AvgIpc) is 2.75. The number of nitrogens with one attached hydrogen (secondary N) is 1. The van der Waals surface area contributed by atoms with Gasteiger partial charge in [0.2, 0.25) is 5.91 Å². The second-order valence-electron chi connectivity index (χ2n) is 7.54. The van der Waals surface area contributed by atoms with Gasteiger partial charge in [0.25, 0.3) is 5.56 Å². The summed E-state index contributed by atoms with van der Waals surface area (Å²) in [4.78, 5) is 27.0. The Hall–Kier alpha value is -2.83. The van der Waals surface area contributed by atoms with Crippen LogP contribution in [-0.2, 0) is 11.3 Å². The predicted octanol–water partition coefficient (Wildman–Crippen LogP) is 2.76. The van der Waals surface area contributed by atoms with E-state index in [0.29, 0.717) is 6.54 Å². The van der Waals surface area contributed by atoms with Crippen molar-refractivity contribution >= 4 is 11.6 Å². The first-order chi connectivity index (χ1) is 14.0. The van der Waals surface area contributed by atoms with Crippen molar-refractivity contribution in [2.75, 3.05) is 25.1 Å². The van der Waals surface area contributed by atoms with Crippen LogP contribution in [-0.4, -0.2) is 35.9 Å². The monoisotopic (exact) mass is 398 g/mol. The molecule has 156 valence electrons. The molecule has 1 atom stereocenters. The summed E-state index contributed by atoms with van der Waals surface area (Å²) in [5.41, 5.74) is 1.79. The van der Waals surface area contributed by atoms with E-state index < -0.39 is 0 Å². The third kappa shape index (κ3) is 5.16. The number of aromatic nitrogens is 2. The van der Waals surface area contributed by atoms with Crippen molar-refractivity contribution in [2.45, 2.75) is 45.7 Å². The second-order valence-corrected chi connectivity index (χ2v) is 7.54. The number of amides is 1. The number of nitrogens with zero attached hydrogens (tertiary/aromatic N) is 3. The molecule has 2 aromatic rings. The fraction of sp³-hybridized carbons (Fsp3) is 0.500. The molecule has 1 amide bonds. The highest BCUT2D eigenvalue weighted by atomic mass is 16.5. The van der Waals surface area contributed by atoms with Gasteiger partial charge in [-0.15, -0.1) is 0 Å². The lowest BCUT2D eigenvalue weighted by Crippen LogP contribution is -2.41. The van der Waals surface area contributed by atoms with Gasteiger partial charge in [-0.1, -0.05) is 19.1 Å². The fourth-order valence-electron chi connectivity index (χ4n) is 3.70. The predicted molar refractivity (Wildman–Crippen MR) is 113 cm³/mol. The van der Waals surface area contributed by atoms with Crippen molar-refractivity contribution in [3.8, 4) is 5.75 Å². The Bertz CT molecular complexity index is 888. The molecule has 3 rings (SSSR count). The number of carbonyl (C=O) groups excluding carboxylic acids is 1. The van der Waals surface area contributed by atoms with E-state index >= 15 is 0 Å². The molecule has 0 bridgehead atoms. The van der Waals surface area contributed by atoms with Crippen LogP contribution in [0.3, 0.4) is 0 Å². The molecule has 1 aliphatic rings. The molecule has 0 spiro atoms. The molecule has 1 N–H and O–H groups in total. The zero-order valence-electron chi connectivity index (χ0n) is 17.4. The molecule has 0 aliphatic carbocycles. The number of rotatable bonds is 7. The van der Waals surface area contributed by atoms with Gasteiger partial charge in [0.1, 0.15) is 5.75 Å². The van der Waals surface area contributed by atoms with Gasteiger partial charge in [0.05, 0.1) is 25.0 Å². The summed E-state index contributed by atoms with van der Waals surface area (Å²) in [5, 5.41) is 7.38. The molecule has 7 heteroatoms. The van der Waals surface area contributed by atoms with E-state index in [0.717, 1.165) is 49.4 Å². The van der Waals surface area contributed by atoms with Gasteiger partial charge in [0.15, 0.2) is 0 Å². The quantitative estimate of drug-likeness (QED) is 0.776. The number of aryl methyl sites for hydroxylation is 1. The molecule has 1 aromatic heterocycles. The Kier molecular flexibility index (Phi) is 6.90. The first kappa shape index (κ1) is 20.9. The number of hydrogen-bond donors (Lipinski definition) is 1. The maximum absolute atomic E-state index is 12.7. The van der Waals surface area contributed by atoms with Crippen molar-refractivity contribution in [2.24, 2.45) is 5.92 Å². The topological polar surface area (TPSA) is 76.5 Å². The Labute approximate surface area is 171 Å². The highest BCUT2D eigenvalue weighted by Gasteiger charge is 2.26. The van der Waals surface area contributed by atoms with E-state index in [9.17, 15) is 9.59 Å². The van der Waals surface area contributed by atoms with Crippen molar-refractivity contribution in [3.63, 3.8) is 0 Å². The van der Waals surface area contributed by atoms with Crippen molar-refractivity contribution in [3.05, 3.63) is 52.4 Å². The minimum atomic E-state index is -0.0778. The summed E-state index contributed by atoms with van der Waals surface area (Å²) < 4.78 is 6.75. The Morgan fingerprint density at radius 2 is 2.07 bits per heavy atom. The molecule has 1 saturated heterocycles. The number of benzene rings is 1. The Morgan fingerprint density at radius 3 is 2.72 bits per heavy atom. The van der Waals surface area contributed by atoms with Crippen LogP contribution in [0.5, 0.6) is 5.75 Å². The van der Waals surface area contributed by atoms with Crippen LogP contribution in [0.15, 0.2) is 41.3 Å². The number of hydrogen-bond acceptors (Lipinski definition) is 5. The van der Waals surface area contributed by atoms with Gasteiger partial charge in [-0.3, -0.25) is 9.59 Å². The van der Waals surface area contributed by atoms with Crippen LogP contribution >= 0.6 is 0 Å². The van der Waals surface area contributed by atoms with E-state index in [-0.39, 0.29) is 23.4 Å². The van der Waals surface area contributed by atoms with Crippen molar-refractivity contribution in [1.29, 1.82) is 0 Å². The van der Waals surface area contributed by atoms with Crippen LogP contribution < -0.4 is 20.5 Å². The number of methoxy groups -OCH3 is 1. The van der Waals surface area contributed by atoms with Crippen LogP contribution in [0.25, 0.3) is 0 Å². The lowest BCUT2D eigenvalue weighted by atomic mass is 9.95. The first-order valence-corrected chi connectivity index (χ1v) is 10.3. The minimum absolute atomic E-state index is 0.0206. The van der Waals surface area contributed by atoms with Gasteiger partial charge in [-0.2, -0.15) is 5.10 Å².